The number of rotatable bonds is 0. The van der Waals surface area contributed by atoms with Gasteiger partial charge in [-0.25, -0.2) is 9.97 Å². The highest BCUT2D eigenvalue weighted by Crippen LogP contribution is 2.50. The molecule has 0 aliphatic heterocycles. The molecule has 2 bridgehead atoms. The van der Waals surface area contributed by atoms with Crippen molar-refractivity contribution >= 4 is 17.0 Å². The molecule has 102 valence electrons. The van der Waals surface area contributed by atoms with Gasteiger partial charge in [0.15, 0.2) is 11.5 Å². The van der Waals surface area contributed by atoms with Gasteiger partial charge in [-0.3, -0.25) is 0 Å². The molecule has 2 aromatic heterocycles. The molecule has 0 aromatic carbocycles. The van der Waals surface area contributed by atoms with Gasteiger partial charge in [0, 0.05) is 0 Å². The van der Waals surface area contributed by atoms with Crippen molar-refractivity contribution in [3.05, 3.63) is 12.2 Å². The van der Waals surface area contributed by atoms with Gasteiger partial charge in [0.1, 0.15) is 11.1 Å². The van der Waals surface area contributed by atoms with Gasteiger partial charge in [0.05, 0.1) is 6.33 Å². The number of aliphatic hydroxyl groups is 1. The van der Waals surface area contributed by atoms with Crippen LogP contribution in [0, 0.1) is 23.7 Å². The quantitative estimate of drug-likeness (QED) is 0.615. The number of hydrogen-bond donors (Lipinski definition) is 3. The van der Waals surface area contributed by atoms with Crippen LogP contribution >= 0.6 is 0 Å². The molecule has 4 N–H and O–H groups in total. The fourth-order valence-corrected chi connectivity index (χ4v) is 3.53. The zero-order valence-electron chi connectivity index (χ0n) is 10.9. The van der Waals surface area contributed by atoms with Crippen molar-refractivity contribution in [3.63, 3.8) is 0 Å². The lowest BCUT2D eigenvalue weighted by Gasteiger charge is -2.26. The van der Waals surface area contributed by atoms with E-state index in [1.54, 1.807) is 0 Å². The lowest BCUT2D eigenvalue weighted by Crippen LogP contribution is -2.33. The minimum absolute atomic E-state index is 0.298. The van der Waals surface area contributed by atoms with E-state index in [0.717, 1.165) is 19.3 Å². The van der Waals surface area contributed by atoms with Crippen molar-refractivity contribution in [2.75, 3.05) is 5.73 Å². The number of nitrogen functional groups attached to an aromatic ring is 1. The number of H-pyrrole nitrogens is 1. The molecule has 3 atom stereocenters. The molecule has 6 nitrogen and oxygen atoms in total. The van der Waals surface area contributed by atoms with E-state index in [9.17, 15) is 5.11 Å². The maximum absolute atomic E-state index is 10.6. The van der Waals surface area contributed by atoms with Crippen molar-refractivity contribution in [2.24, 2.45) is 11.8 Å². The second-order valence-corrected chi connectivity index (χ2v) is 5.79. The summed E-state index contributed by atoms with van der Waals surface area (Å²) in [5.41, 5.74) is 6.07. The second kappa shape index (κ2) is 3.93. The van der Waals surface area contributed by atoms with E-state index in [4.69, 9.17) is 5.73 Å². The number of hydrogen-bond acceptors (Lipinski definition) is 5. The minimum Gasteiger partial charge on any atom is -0.382 e. The summed E-state index contributed by atoms with van der Waals surface area (Å²) < 4.78 is 0. The normalized spacial score (nSPS) is 31.4. The Labute approximate surface area is 115 Å². The van der Waals surface area contributed by atoms with E-state index in [0.29, 0.717) is 34.6 Å². The summed E-state index contributed by atoms with van der Waals surface area (Å²) in [7, 11) is 0. The Morgan fingerprint density at radius 3 is 3.05 bits per heavy atom. The molecule has 2 aliphatic rings. The summed E-state index contributed by atoms with van der Waals surface area (Å²) in [5.74, 6) is 7.43. The molecule has 2 aliphatic carbocycles. The lowest BCUT2D eigenvalue weighted by molar-refractivity contribution is 0.0437. The number of imidazole rings is 1. The van der Waals surface area contributed by atoms with Gasteiger partial charge in [-0.05, 0) is 43.4 Å². The van der Waals surface area contributed by atoms with Crippen LogP contribution < -0.4 is 5.73 Å². The molecule has 3 unspecified atom stereocenters. The van der Waals surface area contributed by atoms with Crippen LogP contribution in [0.4, 0.5) is 5.82 Å². The molecule has 6 heteroatoms. The smallest absolute Gasteiger partial charge is 0.209 e. The first-order valence-electron chi connectivity index (χ1n) is 6.86. The largest absolute Gasteiger partial charge is 0.382 e. The Morgan fingerprint density at radius 1 is 1.40 bits per heavy atom. The van der Waals surface area contributed by atoms with Crippen molar-refractivity contribution in [1.82, 2.24) is 19.9 Å². The van der Waals surface area contributed by atoms with E-state index in [1.807, 2.05) is 0 Å². The number of nitrogens with zero attached hydrogens (tertiary/aromatic N) is 3. The number of fused-ring (bicyclic) bond motifs is 3. The predicted molar refractivity (Wildman–Crippen MR) is 73.4 cm³/mol. The number of anilines is 1. The van der Waals surface area contributed by atoms with Crippen LogP contribution in [0.3, 0.4) is 0 Å². The Morgan fingerprint density at radius 2 is 2.30 bits per heavy atom. The summed E-state index contributed by atoms with van der Waals surface area (Å²) >= 11 is 0. The molecule has 2 aromatic rings. The highest BCUT2D eigenvalue weighted by atomic mass is 16.3. The zero-order chi connectivity index (χ0) is 13.7. The third-order valence-electron chi connectivity index (χ3n) is 4.52. The first kappa shape index (κ1) is 11.7. The number of nitrogens with one attached hydrogen (secondary N) is 1. The predicted octanol–water partition coefficient (Wildman–Crippen LogP) is 0.838. The monoisotopic (exact) mass is 269 g/mol. The van der Waals surface area contributed by atoms with E-state index in [1.165, 1.54) is 12.7 Å². The molecule has 0 amide bonds. The van der Waals surface area contributed by atoms with Crippen LogP contribution in [0.25, 0.3) is 11.2 Å². The van der Waals surface area contributed by atoms with Gasteiger partial charge in [-0.1, -0.05) is 5.92 Å². The maximum Gasteiger partial charge on any atom is 0.209 e. The van der Waals surface area contributed by atoms with E-state index < -0.39 is 5.60 Å². The lowest BCUT2D eigenvalue weighted by atomic mass is 9.85. The van der Waals surface area contributed by atoms with Crippen LogP contribution in [0.5, 0.6) is 0 Å². The van der Waals surface area contributed by atoms with Gasteiger partial charge in [0.2, 0.25) is 5.82 Å². The van der Waals surface area contributed by atoms with Gasteiger partial charge in [-0.2, -0.15) is 4.98 Å². The molecule has 2 saturated carbocycles. The molecule has 4 rings (SSSR count). The molecule has 2 heterocycles. The van der Waals surface area contributed by atoms with E-state index in [-0.39, 0.29) is 0 Å². The number of aromatic amines is 1. The number of nitrogens with two attached hydrogens (primary N) is 1. The van der Waals surface area contributed by atoms with Crippen molar-refractivity contribution < 1.29 is 5.11 Å². The minimum atomic E-state index is -0.873. The Balaban J connectivity index is 1.70. The highest BCUT2D eigenvalue weighted by Gasteiger charge is 2.49. The van der Waals surface area contributed by atoms with Gasteiger partial charge in [0.25, 0.3) is 0 Å². The molecule has 0 radical (unpaired) electrons. The van der Waals surface area contributed by atoms with Crippen molar-refractivity contribution in [1.29, 1.82) is 0 Å². The standard InChI is InChI=1S/C14H15N5O/c15-12-11-13(17-7-16-11)19-10(18-12)3-4-14(20)6-8-1-2-9(14)5-8/h7-9,20H,1-2,5-6H2,(H3,15,16,17,18,19). The summed E-state index contributed by atoms with van der Waals surface area (Å²) in [5, 5.41) is 10.6. The second-order valence-electron chi connectivity index (χ2n) is 5.79. The summed E-state index contributed by atoms with van der Waals surface area (Å²) in [6, 6.07) is 0. The third-order valence-corrected chi connectivity index (χ3v) is 4.52. The van der Waals surface area contributed by atoms with Gasteiger partial charge >= 0.3 is 0 Å². The fraction of sp³-hybridized carbons (Fsp3) is 0.500. The Kier molecular flexibility index (Phi) is 2.30. The van der Waals surface area contributed by atoms with Crippen LogP contribution in [0.1, 0.15) is 31.5 Å². The first-order valence-corrected chi connectivity index (χ1v) is 6.86. The van der Waals surface area contributed by atoms with Gasteiger partial charge in [-0.15, -0.1) is 0 Å². The summed E-state index contributed by atoms with van der Waals surface area (Å²) in [6.45, 7) is 0. The summed E-state index contributed by atoms with van der Waals surface area (Å²) in [6.07, 6.45) is 5.67. The van der Waals surface area contributed by atoms with Crippen LogP contribution in [0.15, 0.2) is 6.33 Å². The molecular weight excluding hydrogens is 254 g/mol. The van der Waals surface area contributed by atoms with E-state index in [2.05, 4.69) is 31.8 Å². The number of aromatic nitrogens is 4. The maximum atomic E-state index is 10.6. The average molecular weight is 269 g/mol. The molecule has 0 spiro atoms. The summed E-state index contributed by atoms with van der Waals surface area (Å²) in [4.78, 5) is 15.3. The highest BCUT2D eigenvalue weighted by molar-refractivity contribution is 5.81. The first-order chi connectivity index (χ1) is 9.64. The molecular formula is C14H15N5O. The third kappa shape index (κ3) is 1.67. The topological polar surface area (TPSA) is 101 Å². The Hall–Kier alpha value is -2.13. The Bertz CT molecular complexity index is 743. The average Bonchev–Trinajstić information content (AvgIpc) is 3.10. The van der Waals surface area contributed by atoms with Gasteiger partial charge < -0.3 is 15.8 Å². The van der Waals surface area contributed by atoms with E-state index >= 15 is 0 Å². The van der Waals surface area contributed by atoms with Crippen LogP contribution in [-0.2, 0) is 0 Å². The van der Waals surface area contributed by atoms with Crippen LogP contribution in [-0.4, -0.2) is 30.6 Å². The molecule has 2 fully saturated rings. The fourth-order valence-electron chi connectivity index (χ4n) is 3.53. The van der Waals surface area contributed by atoms with Crippen molar-refractivity contribution in [3.8, 4) is 11.8 Å². The SMILES string of the molecule is Nc1nc(C#CC2(O)CC3CCC2C3)nc2nc[nH]c12. The zero-order valence-corrected chi connectivity index (χ0v) is 10.9. The van der Waals surface area contributed by atoms with Crippen LogP contribution in [0.2, 0.25) is 0 Å². The molecule has 0 saturated heterocycles. The molecule has 20 heavy (non-hydrogen) atoms. The van der Waals surface area contributed by atoms with Crippen molar-refractivity contribution in [2.45, 2.75) is 31.3 Å².